The van der Waals surface area contributed by atoms with Gasteiger partial charge in [0.15, 0.2) is 17.5 Å². The molecule has 0 fully saturated rings. The molecule has 0 radical (unpaired) electrons. The number of rotatable bonds is 8. The van der Waals surface area contributed by atoms with E-state index in [0.717, 1.165) is 10.0 Å². The van der Waals surface area contributed by atoms with Gasteiger partial charge in [-0.25, -0.2) is 4.99 Å². The fourth-order valence-electron chi connectivity index (χ4n) is 2.31. The summed E-state index contributed by atoms with van der Waals surface area (Å²) < 4.78 is 11.3. The number of nitrogens with two attached hydrogens (primary N) is 1. The molecule has 2 aromatic carbocycles. The van der Waals surface area contributed by atoms with Crippen LogP contribution in [0.25, 0.3) is 0 Å². The molecule has 0 spiro atoms. The smallest absolute Gasteiger partial charge is 0.251 e. The van der Waals surface area contributed by atoms with Gasteiger partial charge in [0.05, 0.1) is 20.8 Å². The summed E-state index contributed by atoms with van der Waals surface area (Å²) in [7, 11) is 3.18. The van der Waals surface area contributed by atoms with Crippen LogP contribution in [0.4, 0.5) is 0 Å². The third-order valence-corrected chi connectivity index (χ3v) is 4.18. The van der Waals surface area contributed by atoms with Gasteiger partial charge >= 0.3 is 0 Å². The van der Waals surface area contributed by atoms with Crippen molar-refractivity contribution in [2.45, 2.75) is 6.54 Å². The van der Waals surface area contributed by atoms with Gasteiger partial charge in [0.1, 0.15) is 0 Å². The van der Waals surface area contributed by atoms with Crippen LogP contribution in [0.3, 0.4) is 0 Å². The van der Waals surface area contributed by atoms with Crippen LogP contribution in [0.15, 0.2) is 51.9 Å². The van der Waals surface area contributed by atoms with Gasteiger partial charge in [-0.2, -0.15) is 0 Å². The van der Waals surface area contributed by atoms with Gasteiger partial charge in [0.2, 0.25) is 0 Å². The zero-order valence-electron chi connectivity index (χ0n) is 15.3. The second-order valence-electron chi connectivity index (χ2n) is 5.58. The lowest BCUT2D eigenvalue weighted by Gasteiger charge is -2.09. The molecule has 7 nitrogen and oxygen atoms in total. The number of halogens is 1. The minimum Gasteiger partial charge on any atom is -0.493 e. The first-order chi connectivity index (χ1) is 13.0. The second kappa shape index (κ2) is 10.4. The van der Waals surface area contributed by atoms with Crippen molar-refractivity contribution in [1.29, 1.82) is 0 Å². The summed E-state index contributed by atoms with van der Waals surface area (Å²) in [6.07, 6.45) is 0. The zero-order chi connectivity index (χ0) is 19.6. The number of methoxy groups -OCH3 is 2. The second-order valence-corrected chi connectivity index (χ2v) is 6.50. The molecule has 0 bridgehead atoms. The molecule has 4 N–H and O–H groups in total. The fourth-order valence-corrected chi connectivity index (χ4v) is 2.71. The van der Waals surface area contributed by atoms with Crippen LogP contribution in [0, 0.1) is 0 Å². The van der Waals surface area contributed by atoms with E-state index in [1.165, 1.54) is 0 Å². The van der Waals surface area contributed by atoms with Gasteiger partial charge < -0.3 is 25.8 Å². The van der Waals surface area contributed by atoms with Crippen LogP contribution < -0.4 is 25.8 Å². The summed E-state index contributed by atoms with van der Waals surface area (Å²) in [6.45, 7) is 1.31. The minimum atomic E-state index is -0.140. The zero-order valence-corrected chi connectivity index (χ0v) is 16.9. The van der Waals surface area contributed by atoms with Crippen LogP contribution >= 0.6 is 15.9 Å². The average molecular weight is 435 g/mol. The molecule has 0 aliphatic carbocycles. The van der Waals surface area contributed by atoms with Crippen LogP contribution in [-0.4, -0.2) is 39.2 Å². The molecular formula is C19H23BrN4O3. The molecule has 0 heterocycles. The molecule has 0 aromatic heterocycles. The summed E-state index contributed by atoms with van der Waals surface area (Å²) in [6, 6.07) is 12.8. The molecule has 144 valence electrons. The Labute approximate surface area is 167 Å². The molecule has 0 saturated carbocycles. The Morgan fingerprint density at radius 2 is 1.81 bits per heavy atom. The highest BCUT2D eigenvalue weighted by Gasteiger charge is 2.05. The van der Waals surface area contributed by atoms with Crippen LogP contribution in [0.1, 0.15) is 15.9 Å². The largest absolute Gasteiger partial charge is 0.493 e. The van der Waals surface area contributed by atoms with Gasteiger partial charge in [0, 0.05) is 23.1 Å². The Kier molecular flexibility index (Phi) is 7.94. The van der Waals surface area contributed by atoms with E-state index < -0.39 is 0 Å². The lowest BCUT2D eigenvalue weighted by molar-refractivity contribution is 0.0954. The Hall–Kier alpha value is -2.74. The summed E-state index contributed by atoms with van der Waals surface area (Å²) in [5.74, 6) is 1.48. The maximum Gasteiger partial charge on any atom is 0.251 e. The van der Waals surface area contributed by atoms with E-state index in [9.17, 15) is 4.79 Å². The first-order valence-corrected chi connectivity index (χ1v) is 9.11. The molecule has 27 heavy (non-hydrogen) atoms. The predicted octanol–water partition coefficient (Wildman–Crippen LogP) is 2.30. The van der Waals surface area contributed by atoms with Gasteiger partial charge in [-0.05, 0) is 35.9 Å². The van der Waals surface area contributed by atoms with E-state index in [-0.39, 0.29) is 5.91 Å². The maximum atomic E-state index is 12.0. The molecule has 0 atom stereocenters. The first kappa shape index (κ1) is 20.6. The van der Waals surface area contributed by atoms with Crippen molar-refractivity contribution >= 4 is 27.8 Å². The number of carbonyl (C=O) groups is 1. The van der Waals surface area contributed by atoms with Crippen molar-refractivity contribution in [3.05, 3.63) is 58.1 Å². The molecule has 0 aliphatic heterocycles. The highest BCUT2D eigenvalue weighted by molar-refractivity contribution is 9.10. The summed E-state index contributed by atoms with van der Waals surface area (Å²) >= 11 is 3.35. The SMILES string of the molecule is COc1ccc(CN=C(N)NCCNC(=O)c2cccc(Br)c2)cc1OC. The summed E-state index contributed by atoms with van der Waals surface area (Å²) in [5, 5.41) is 5.79. The van der Waals surface area contributed by atoms with Crippen LogP contribution in [0.2, 0.25) is 0 Å². The molecule has 0 saturated heterocycles. The number of nitrogens with zero attached hydrogens (tertiary/aromatic N) is 1. The quantitative estimate of drug-likeness (QED) is 0.336. The maximum absolute atomic E-state index is 12.0. The lowest BCUT2D eigenvalue weighted by atomic mass is 10.2. The third-order valence-electron chi connectivity index (χ3n) is 3.68. The van der Waals surface area contributed by atoms with Crippen LogP contribution in [0.5, 0.6) is 11.5 Å². The number of benzene rings is 2. The van der Waals surface area contributed by atoms with E-state index in [2.05, 4.69) is 31.6 Å². The number of ether oxygens (including phenoxy) is 2. The van der Waals surface area contributed by atoms with E-state index in [0.29, 0.717) is 42.7 Å². The molecular weight excluding hydrogens is 412 g/mol. The fraction of sp³-hybridized carbons (Fsp3) is 0.263. The number of carbonyl (C=O) groups excluding carboxylic acids is 1. The van der Waals surface area contributed by atoms with Crippen molar-refractivity contribution in [3.8, 4) is 11.5 Å². The third kappa shape index (κ3) is 6.49. The van der Waals surface area contributed by atoms with E-state index in [1.807, 2.05) is 30.3 Å². The Morgan fingerprint density at radius 1 is 1.07 bits per heavy atom. The van der Waals surface area contributed by atoms with Crippen molar-refractivity contribution in [2.24, 2.45) is 10.7 Å². The molecule has 2 rings (SSSR count). The molecule has 2 aromatic rings. The first-order valence-electron chi connectivity index (χ1n) is 8.32. The number of guanidine groups is 1. The lowest BCUT2D eigenvalue weighted by Crippen LogP contribution is -2.38. The molecule has 8 heteroatoms. The van der Waals surface area contributed by atoms with E-state index in [4.69, 9.17) is 15.2 Å². The number of amides is 1. The number of aliphatic imine (C=N–C) groups is 1. The van der Waals surface area contributed by atoms with Crippen molar-refractivity contribution in [2.75, 3.05) is 27.3 Å². The Balaban J connectivity index is 1.77. The number of hydrogen-bond donors (Lipinski definition) is 3. The summed E-state index contributed by atoms with van der Waals surface area (Å²) in [5.41, 5.74) is 7.40. The normalized spacial score (nSPS) is 11.0. The van der Waals surface area contributed by atoms with E-state index in [1.54, 1.807) is 26.4 Å². The predicted molar refractivity (Wildman–Crippen MR) is 109 cm³/mol. The van der Waals surface area contributed by atoms with Crippen LogP contribution in [-0.2, 0) is 6.54 Å². The van der Waals surface area contributed by atoms with Gasteiger partial charge in [-0.15, -0.1) is 0 Å². The molecule has 0 unspecified atom stereocenters. The highest BCUT2D eigenvalue weighted by Crippen LogP contribution is 2.27. The van der Waals surface area contributed by atoms with Gasteiger partial charge in [-0.3, -0.25) is 4.79 Å². The standard InChI is InChI=1S/C19H23BrN4O3/c1-26-16-7-6-13(10-17(16)27-2)12-24-19(21)23-9-8-22-18(25)14-4-3-5-15(20)11-14/h3-7,10-11H,8-9,12H2,1-2H3,(H,22,25)(H3,21,23,24). The van der Waals surface area contributed by atoms with Crippen molar-refractivity contribution in [3.63, 3.8) is 0 Å². The van der Waals surface area contributed by atoms with Gasteiger partial charge in [0.25, 0.3) is 5.91 Å². The summed E-state index contributed by atoms with van der Waals surface area (Å²) in [4.78, 5) is 16.3. The number of nitrogens with one attached hydrogen (secondary N) is 2. The van der Waals surface area contributed by atoms with Crippen molar-refractivity contribution in [1.82, 2.24) is 10.6 Å². The molecule has 1 amide bonds. The topological polar surface area (TPSA) is 98.0 Å². The average Bonchev–Trinajstić information content (AvgIpc) is 2.69. The van der Waals surface area contributed by atoms with Crippen molar-refractivity contribution < 1.29 is 14.3 Å². The molecule has 0 aliphatic rings. The highest BCUT2D eigenvalue weighted by atomic mass is 79.9. The van der Waals surface area contributed by atoms with Gasteiger partial charge in [-0.1, -0.05) is 28.1 Å². The Morgan fingerprint density at radius 3 is 2.52 bits per heavy atom. The monoisotopic (exact) mass is 434 g/mol. The minimum absolute atomic E-state index is 0.140. The number of hydrogen-bond acceptors (Lipinski definition) is 4. The van der Waals surface area contributed by atoms with E-state index >= 15 is 0 Å². The Bertz CT molecular complexity index is 811.